The molecule has 0 saturated carbocycles. The topological polar surface area (TPSA) is 70.2 Å². The lowest BCUT2D eigenvalue weighted by Crippen LogP contribution is -2.24. The zero-order valence-electron chi connectivity index (χ0n) is 17.9. The maximum atomic E-state index is 13.1. The van der Waals surface area contributed by atoms with Crippen LogP contribution in [0.2, 0.25) is 0 Å². The van der Waals surface area contributed by atoms with Crippen molar-refractivity contribution in [2.24, 2.45) is 0 Å². The second-order valence-electron chi connectivity index (χ2n) is 7.39. The number of methoxy groups -OCH3 is 1. The number of ether oxygens (including phenoxy) is 1. The van der Waals surface area contributed by atoms with Gasteiger partial charge >= 0.3 is 0 Å². The van der Waals surface area contributed by atoms with Crippen LogP contribution in [0.25, 0.3) is 22.4 Å². The number of oxazole rings is 1. The van der Waals surface area contributed by atoms with Crippen molar-refractivity contribution < 1.29 is 9.15 Å². The SMILES string of the molecule is COCCCn1c(SCc2nc(-c3ccc(C)cc3)oc2C)nc2ccccc2c1=O. The van der Waals surface area contributed by atoms with Crippen LogP contribution in [0, 0.1) is 13.8 Å². The van der Waals surface area contributed by atoms with Crippen LogP contribution in [0.4, 0.5) is 0 Å². The number of thioether (sulfide) groups is 1. The highest BCUT2D eigenvalue weighted by molar-refractivity contribution is 7.98. The zero-order valence-corrected chi connectivity index (χ0v) is 18.7. The van der Waals surface area contributed by atoms with Crippen molar-refractivity contribution in [1.29, 1.82) is 0 Å². The molecule has 0 spiro atoms. The molecular formula is C24H25N3O3S. The number of fused-ring (bicyclic) bond motifs is 1. The highest BCUT2D eigenvalue weighted by Gasteiger charge is 2.15. The van der Waals surface area contributed by atoms with Gasteiger partial charge in [-0.1, -0.05) is 41.6 Å². The minimum absolute atomic E-state index is 0.0265. The van der Waals surface area contributed by atoms with Crippen LogP contribution in [0.15, 0.2) is 62.9 Å². The summed E-state index contributed by atoms with van der Waals surface area (Å²) in [7, 11) is 1.66. The summed E-state index contributed by atoms with van der Waals surface area (Å²) in [5, 5.41) is 1.31. The monoisotopic (exact) mass is 435 g/mol. The average Bonchev–Trinajstić information content (AvgIpc) is 3.15. The Morgan fingerprint density at radius 3 is 2.61 bits per heavy atom. The molecule has 2 aromatic heterocycles. The van der Waals surface area contributed by atoms with Gasteiger partial charge in [-0.05, 0) is 44.5 Å². The molecule has 2 heterocycles. The predicted molar refractivity (Wildman–Crippen MR) is 123 cm³/mol. The quantitative estimate of drug-likeness (QED) is 0.220. The van der Waals surface area contributed by atoms with Crippen molar-refractivity contribution >= 4 is 22.7 Å². The molecule has 0 amide bonds. The van der Waals surface area contributed by atoms with Gasteiger partial charge in [-0.2, -0.15) is 0 Å². The van der Waals surface area contributed by atoms with Gasteiger partial charge in [0.15, 0.2) is 5.16 Å². The van der Waals surface area contributed by atoms with E-state index >= 15 is 0 Å². The van der Waals surface area contributed by atoms with Gasteiger partial charge in [-0.15, -0.1) is 0 Å². The first-order valence-corrected chi connectivity index (χ1v) is 11.2. The van der Waals surface area contributed by atoms with Crippen molar-refractivity contribution in [1.82, 2.24) is 14.5 Å². The number of rotatable bonds is 8. The number of hydrogen-bond acceptors (Lipinski definition) is 6. The van der Waals surface area contributed by atoms with Gasteiger partial charge in [0.25, 0.3) is 5.56 Å². The van der Waals surface area contributed by atoms with Crippen LogP contribution >= 0.6 is 11.8 Å². The van der Waals surface area contributed by atoms with Crippen molar-refractivity contribution in [2.75, 3.05) is 13.7 Å². The van der Waals surface area contributed by atoms with Gasteiger partial charge < -0.3 is 9.15 Å². The van der Waals surface area contributed by atoms with Gasteiger partial charge in [0.1, 0.15) is 5.76 Å². The first-order chi connectivity index (χ1) is 15.1. The van der Waals surface area contributed by atoms with Crippen LogP contribution in [0.5, 0.6) is 0 Å². The smallest absolute Gasteiger partial charge is 0.262 e. The van der Waals surface area contributed by atoms with E-state index < -0.39 is 0 Å². The molecule has 0 aliphatic carbocycles. The van der Waals surface area contributed by atoms with E-state index in [2.05, 4.69) is 6.92 Å². The van der Waals surface area contributed by atoms with E-state index in [0.717, 1.165) is 23.4 Å². The molecule has 160 valence electrons. The van der Waals surface area contributed by atoms with E-state index in [4.69, 9.17) is 19.1 Å². The molecule has 0 saturated heterocycles. The molecule has 0 radical (unpaired) electrons. The molecule has 4 rings (SSSR count). The van der Waals surface area contributed by atoms with Crippen LogP contribution in [0.1, 0.15) is 23.4 Å². The third-order valence-electron chi connectivity index (χ3n) is 5.09. The Hall–Kier alpha value is -2.90. The Morgan fingerprint density at radius 2 is 1.84 bits per heavy atom. The van der Waals surface area contributed by atoms with Gasteiger partial charge in [-0.25, -0.2) is 9.97 Å². The Balaban J connectivity index is 1.62. The van der Waals surface area contributed by atoms with E-state index in [1.54, 1.807) is 11.7 Å². The first-order valence-electron chi connectivity index (χ1n) is 10.2. The van der Waals surface area contributed by atoms with Gasteiger partial charge in [0.2, 0.25) is 5.89 Å². The second-order valence-corrected chi connectivity index (χ2v) is 8.33. The fourth-order valence-corrected chi connectivity index (χ4v) is 4.36. The summed E-state index contributed by atoms with van der Waals surface area (Å²) in [5.41, 5.74) is 3.67. The standard InChI is InChI=1S/C24H25N3O3S/c1-16-9-11-18(12-10-16)22-25-21(17(2)30-22)15-31-24-26-20-8-5-4-7-19(20)23(28)27(24)13-6-14-29-3/h4-5,7-12H,6,13-15H2,1-3H3. The third-order valence-corrected chi connectivity index (χ3v) is 6.07. The summed E-state index contributed by atoms with van der Waals surface area (Å²) in [6, 6.07) is 15.6. The Morgan fingerprint density at radius 1 is 1.06 bits per heavy atom. The number of aromatic nitrogens is 3. The lowest BCUT2D eigenvalue weighted by Gasteiger charge is -2.12. The Bertz CT molecular complexity index is 1250. The normalized spacial score (nSPS) is 11.3. The molecule has 6 nitrogen and oxygen atoms in total. The maximum absolute atomic E-state index is 13.1. The molecule has 0 aliphatic rings. The molecule has 0 unspecified atom stereocenters. The molecule has 7 heteroatoms. The van der Waals surface area contributed by atoms with E-state index in [-0.39, 0.29) is 5.56 Å². The average molecular weight is 436 g/mol. The molecule has 0 aliphatic heterocycles. The summed E-state index contributed by atoms with van der Waals surface area (Å²) in [6.45, 7) is 5.11. The minimum atomic E-state index is -0.0265. The third kappa shape index (κ3) is 4.73. The maximum Gasteiger partial charge on any atom is 0.262 e. The predicted octanol–water partition coefficient (Wildman–Crippen LogP) is 5.00. The molecule has 0 atom stereocenters. The zero-order chi connectivity index (χ0) is 21.8. The Kier molecular flexibility index (Phi) is 6.53. The number of para-hydroxylation sites is 1. The van der Waals surface area contributed by atoms with Gasteiger partial charge in [0, 0.05) is 31.6 Å². The van der Waals surface area contributed by atoms with E-state index in [1.165, 1.54) is 17.3 Å². The summed E-state index contributed by atoms with van der Waals surface area (Å²) < 4.78 is 12.8. The molecule has 0 N–H and O–H groups in total. The van der Waals surface area contributed by atoms with Crippen molar-refractivity contribution in [3.8, 4) is 11.5 Å². The number of hydrogen-bond donors (Lipinski definition) is 0. The van der Waals surface area contributed by atoms with E-state index in [0.29, 0.717) is 40.9 Å². The molecule has 0 fully saturated rings. The highest BCUT2D eigenvalue weighted by atomic mass is 32.2. The van der Waals surface area contributed by atoms with E-state index in [1.807, 2.05) is 55.5 Å². The Labute approximate surface area is 185 Å². The molecule has 0 bridgehead atoms. The molecule has 31 heavy (non-hydrogen) atoms. The molecular weight excluding hydrogens is 410 g/mol. The van der Waals surface area contributed by atoms with Crippen LogP contribution in [0.3, 0.4) is 0 Å². The van der Waals surface area contributed by atoms with Gasteiger partial charge in [0.05, 0.1) is 16.6 Å². The fourth-order valence-electron chi connectivity index (χ4n) is 3.34. The summed E-state index contributed by atoms with van der Waals surface area (Å²) in [4.78, 5) is 22.5. The lowest BCUT2D eigenvalue weighted by atomic mass is 10.1. The van der Waals surface area contributed by atoms with Gasteiger partial charge in [-0.3, -0.25) is 9.36 Å². The lowest BCUT2D eigenvalue weighted by molar-refractivity contribution is 0.189. The molecule has 4 aromatic rings. The van der Waals surface area contributed by atoms with Crippen LogP contribution in [-0.4, -0.2) is 28.3 Å². The number of benzene rings is 2. The second kappa shape index (κ2) is 9.49. The largest absolute Gasteiger partial charge is 0.441 e. The summed E-state index contributed by atoms with van der Waals surface area (Å²) >= 11 is 1.50. The van der Waals surface area contributed by atoms with Crippen molar-refractivity contribution in [3.63, 3.8) is 0 Å². The number of aryl methyl sites for hydroxylation is 2. The van der Waals surface area contributed by atoms with Crippen LogP contribution < -0.4 is 5.56 Å². The van der Waals surface area contributed by atoms with Crippen molar-refractivity contribution in [2.45, 2.75) is 37.7 Å². The number of nitrogens with zero attached hydrogens (tertiary/aromatic N) is 3. The highest BCUT2D eigenvalue weighted by Crippen LogP contribution is 2.27. The van der Waals surface area contributed by atoms with E-state index in [9.17, 15) is 4.79 Å². The first kappa shape index (κ1) is 21.3. The minimum Gasteiger partial charge on any atom is -0.441 e. The fraction of sp³-hybridized carbons (Fsp3) is 0.292. The summed E-state index contributed by atoms with van der Waals surface area (Å²) in [6.07, 6.45) is 0.741. The van der Waals surface area contributed by atoms with Crippen LogP contribution in [-0.2, 0) is 17.0 Å². The summed E-state index contributed by atoms with van der Waals surface area (Å²) in [5.74, 6) is 1.95. The molecule has 2 aromatic carbocycles. The van der Waals surface area contributed by atoms with Crippen molar-refractivity contribution in [3.05, 3.63) is 75.9 Å².